The third-order valence-corrected chi connectivity index (χ3v) is 3.36. The molecular formula is C18H18. The molecule has 90 valence electrons. The molecule has 0 N–H and O–H groups in total. The quantitative estimate of drug-likeness (QED) is 0.743. The zero-order valence-corrected chi connectivity index (χ0v) is 11.0. The van der Waals surface area contributed by atoms with E-state index in [1.54, 1.807) is 0 Å². The Morgan fingerprint density at radius 2 is 1.33 bits per heavy atom. The lowest BCUT2D eigenvalue weighted by Crippen LogP contribution is -2.28. The zero-order chi connectivity index (χ0) is 13.1. The minimum atomic E-state index is 1.17. The average molecular weight is 234 g/mol. The number of fused-ring (bicyclic) bond motifs is 1. The molecule has 0 radical (unpaired) electrons. The van der Waals surface area contributed by atoms with Gasteiger partial charge in [0.1, 0.15) is 0 Å². The third-order valence-electron chi connectivity index (χ3n) is 3.36. The van der Waals surface area contributed by atoms with Gasteiger partial charge in [-0.1, -0.05) is 61.7 Å². The summed E-state index contributed by atoms with van der Waals surface area (Å²) >= 11 is 0. The number of hydrogen-bond acceptors (Lipinski definition) is 0. The molecule has 2 aromatic carbocycles. The Balaban J connectivity index is 3.27. The lowest BCUT2D eigenvalue weighted by molar-refractivity contribution is 1.50. The van der Waals surface area contributed by atoms with Crippen LogP contribution >= 0.6 is 0 Å². The molecule has 0 atom stereocenters. The Morgan fingerprint density at radius 1 is 0.778 bits per heavy atom. The van der Waals surface area contributed by atoms with Crippen LogP contribution in [0, 0.1) is 0 Å². The Kier molecular flexibility index (Phi) is 3.47. The van der Waals surface area contributed by atoms with E-state index in [2.05, 4.69) is 63.4 Å². The summed E-state index contributed by atoms with van der Waals surface area (Å²) in [6, 6.07) is 8.45. The molecule has 0 aliphatic rings. The van der Waals surface area contributed by atoms with Gasteiger partial charge in [0.05, 0.1) is 0 Å². The van der Waals surface area contributed by atoms with Crippen LogP contribution in [0.4, 0.5) is 0 Å². The second-order valence-corrected chi connectivity index (χ2v) is 4.19. The Morgan fingerprint density at radius 3 is 1.83 bits per heavy atom. The lowest BCUT2D eigenvalue weighted by atomic mass is 9.94. The minimum Gasteiger partial charge on any atom is -0.0984 e. The van der Waals surface area contributed by atoms with Crippen molar-refractivity contribution >= 4 is 35.1 Å². The maximum absolute atomic E-state index is 3.95. The minimum absolute atomic E-state index is 1.17. The van der Waals surface area contributed by atoms with Crippen LogP contribution in [0.5, 0.6) is 0 Å². The van der Waals surface area contributed by atoms with Crippen molar-refractivity contribution in [2.45, 2.75) is 13.8 Å². The SMILES string of the molecule is C=Cc1c(C=C)c2ccccc2c(=C/C)/c1=C\C. The summed E-state index contributed by atoms with van der Waals surface area (Å²) in [5, 5.41) is 5.02. The molecule has 18 heavy (non-hydrogen) atoms. The van der Waals surface area contributed by atoms with Gasteiger partial charge in [0.2, 0.25) is 0 Å². The monoisotopic (exact) mass is 234 g/mol. The summed E-state index contributed by atoms with van der Waals surface area (Å²) in [5.74, 6) is 0. The summed E-state index contributed by atoms with van der Waals surface area (Å²) in [6.07, 6.45) is 8.15. The van der Waals surface area contributed by atoms with E-state index < -0.39 is 0 Å². The summed E-state index contributed by atoms with van der Waals surface area (Å²) in [5.41, 5.74) is 2.33. The van der Waals surface area contributed by atoms with Crippen LogP contribution in [0.2, 0.25) is 0 Å². The van der Waals surface area contributed by atoms with Crippen molar-refractivity contribution in [3.8, 4) is 0 Å². The topological polar surface area (TPSA) is 0 Å². The molecule has 0 aliphatic carbocycles. The van der Waals surface area contributed by atoms with Crippen molar-refractivity contribution in [2.24, 2.45) is 0 Å². The highest BCUT2D eigenvalue weighted by molar-refractivity contribution is 5.94. The van der Waals surface area contributed by atoms with Gasteiger partial charge in [0, 0.05) is 0 Å². The predicted octanol–water partition coefficient (Wildman–Crippen LogP) is 3.73. The van der Waals surface area contributed by atoms with Crippen molar-refractivity contribution in [3.63, 3.8) is 0 Å². The standard InChI is InChI=1S/C18H18/c1-5-13-14(6-2)16(8-4)18-12-10-9-11-17(18)15(13)7-3/h5-12H,1,3H2,2,4H3/b14-6-,16-8+. The van der Waals surface area contributed by atoms with E-state index in [0.717, 1.165) is 0 Å². The molecule has 0 amide bonds. The van der Waals surface area contributed by atoms with Gasteiger partial charge in [-0.2, -0.15) is 0 Å². The summed E-state index contributed by atoms with van der Waals surface area (Å²) in [4.78, 5) is 0. The van der Waals surface area contributed by atoms with Crippen LogP contribution in [-0.4, -0.2) is 0 Å². The zero-order valence-electron chi connectivity index (χ0n) is 11.0. The maximum Gasteiger partial charge on any atom is -0.00993 e. The molecule has 2 rings (SSSR count). The smallest absolute Gasteiger partial charge is 0.00993 e. The molecular weight excluding hydrogens is 216 g/mol. The first kappa shape index (κ1) is 12.4. The first-order valence-corrected chi connectivity index (χ1v) is 6.20. The molecule has 0 aliphatic heterocycles. The van der Waals surface area contributed by atoms with Crippen molar-refractivity contribution in [1.82, 2.24) is 0 Å². The molecule has 0 spiro atoms. The second-order valence-electron chi connectivity index (χ2n) is 4.19. The summed E-state index contributed by atoms with van der Waals surface area (Å²) in [7, 11) is 0. The molecule has 0 nitrogen and oxygen atoms in total. The van der Waals surface area contributed by atoms with Crippen LogP contribution < -0.4 is 10.4 Å². The molecule has 0 saturated carbocycles. The van der Waals surface area contributed by atoms with Gasteiger partial charge >= 0.3 is 0 Å². The molecule has 0 heteroatoms. The van der Waals surface area contributed by atoms with Crippen molar-refractivity contribution in [3.05, 3.63) is 59.0 Å². The Hall–Kier alpha value is -2.08. The van der Waals surface area contributed by atoms with Crippen LogP contribution in [0.25, 0.3) is 35.1 Å². The van der Waals surface area contributed by atoms with E-state index >= 15 is 0 Å². The normalized spacial score (nSPS) is 13.0. The van der Waals surface area contributed by atoms with Crippen LogP contribution in [-0.2, 0) is 0 Å². The molecule has 0 aromatic heterocycles. The average Bonchev–Trinajstić information content (AvgIpc) is 2.44. The molecule has 0 heterocycles. The van der Waals surface area contributed by atoms with Crippen molar-refractivity contribution in [1.29, 1.82) is 0 Å². The van der Waals surface area contributed by atoms with Crippen LogP contribution in [0.15, 0.2) is 37.4 Å². The van der Waals surface area contributed by atoms with Gasteiger partial charge in [0.25, 0.3) is 0 Å². The van der Waals surface area contributed by atoms with E-state index in [4.69, 9.17) is 0 Å². The number of benzene rings is 2. The first-order valence-electron chi connectivity index (χ1n) is 6.20. The van der Waals surface area contributed by atoms with Crippen molar-refractivity contribution < 1.29 is 0 Å². The summed E-state index contributed by atoms with van der Waals surface area (Å²) in [6.45, 7) is 12.0. The molecule has 2 aromatic rings. The second kappa shape index (κ2) is 5.05. The van der Waals surface area contributed by atoms with Gasteiger partial charge in [-0.25, -0.2) is 0 Å². The first-order chi connectivity index (χ1) is 8.78. The van der Waals surface area contributed by atoms with Gasteiger partial charge < -0.3 is 0 Å². The molecule has 0 unspecified atom stereocenters. The van der Waals surface area contributed by atoms with Crippen LogP contribution in [0.1, 0.15) is 25.0 Å². The predicted molar refractivity (Wildman–Crippen MR) is 83.7 cm³/mol. The van der Waals surface area contributed by atoms with E-state index in [-0.39, 0.29) is 0 Å². The van der Waals surface area contributed by atoms with E-state index in [0.29, 0.717) is 0 Å². The number of rotatable bonds is 2. The third kappa shape index (κ3) is 1.70. The fraction of sp³-hybridized carbons (Fsp3) is 0.111. The van der Waals surface area contributed by atoms with Gasteiger partial charge in [-0.05, 0) is 46.2 Å². The molecule has 0 fully saturated rings. The van der Waals surface area contributed by atoms with E-state index in [1.807, 2.05) is 12.2 Å². The molecule has 0 bridgehead atoms. The highest BCUT2D eigenvalue weighted by Gasteiger charge is 2.06. The Bertz CT molecular complexity index is 731. The van der Waals surface area contributed by atoms with Crippen LogP contribution in [0.3, 0.4) is 0 Å². The summed E-state index contributed by atoms with van der Waals surface area (Å²) < 4.78 is 0. The highest BCUT2D eigenvalue weighted by atomic mass is 14.1. The number of hydrogen-bond donors (Lipinski definition) is 0. The Labute approximate surface area is 108 Å². The fourth-order valence-electron chi connectivity index (χ4n) is 2.60. The van der Waals surface area contributed by atoms with Gasteiger partial charge in [0.15, 0.2) is 0 Å². The molecule has 0 saturated heterocycles. The fourth-order valence-corrected chi connectivity index (χ4v) is 2.60. The maximum atomic E-state index is 3.95. The highest BCUT2D eigenvalue weighted by Crippen LogP contribution is 2.19. The van der Waals surface area contributed by atoms with Crippen molar-refractivity contribution in [2.75, 3.05) is 0 Å². The van der Waals surface area contributed by atoms with E-state index in [1.165, 1.54) is 32.3 Å². The van der Waals surface area contributed by atoms with Gasteiger partial charge in [-0.15, -0.1) is 0 Å². The van der Waals surface area contributed by atoms with E-state index in [9.17, 15) is 0 Å². The lowest BCUT2D eigenvalue weighted by Gasteiger charge is -2.10. The largest absolute Gasteiger partial charge is 0.0984 e. The van der Waals surface area contributed by atoms with Gasteiger partial charge in [-0.3, -0.25) is 0 Å².